The Morgan fingerprint density at radius 2 is 1.10 bits per heavy atom. The number of benzene rings is 2. The van der Waals surface area contributed by atoms with Crippen LogP contribution in [-0.4, -0.2) is 113 Å². The molecule has 0 unspecified atom stereocenters. The number of halogens is 3. The lowest BCUT2D eigenvalue weighted by Crippen LogP contribution is -2.50. The fourth-order valence-corrected chi connectivity index (χ4v) is 5.10. The van der Waals surface area contributed by atoms with Gasteiger partial charge >= 0.3 is 12.1 Å². The third kappa shape index (κ3) is 9.52. The highest BCUT2D eigenvalue weighted by Gasteiger charge is 2.38. The molecule has 0 radical (unpaired) electrons. The van der Waals surface area contributed by atoms with Crippen molar-refractivity contribution in [2.24, 2.45) is 18.5 Å². The molecule has 2 aliphatic heterocycles. The first-order chi connectivity index (χ1) is 23.1. The van der Waals surface area contributed by atoms with E-state index in [4.69, 9.17) is 32.2 Å². The Morgan fingerprint density at radius 3 is 1.45 bits per heavy atom. The van der Waals surface area contributed by atoms with Crippen LogP contribution in [0.3, 0.4) is 0 Å². The van der Waals surface area contributed by atoms with Gasteiger partial charge in [-0.3, -0.25) is 25.1 Å². The van der Waals surface area contributed by atoms with Crippen LogP contribution in [0.1, 0.15) is 21.0 Å². The van der Waals surface area contributed by atoms with Gasteiger partial charge in [0.05, 0.1) is 0 Å². The molecule has 49 heavy (non-hydrogen) atoms. The van der Waals surface area contributed by atoms with Crippen LogP contribution < -0.4 is 31.9 Å². The van der Waals surface area contributed by atoms with Crippen molar-refractivity contribution in [3.05, 3.63) is 66.0 Å². The number of rotatable bonds is 6. The Balaban J connectivity index is 0.000000698. The van der Waals surface area contributed by atoms with E-state index in [0.717, 1.165) is 37.6 Å². The molecule has 9 N–H and O–H groups in total. The van der Waals surface area contributed by atoms with Crippen LogP contribution in [0.5, 0.6) is 0 Å². The van der Waals surface area contributed by atoms with Gasteiger partial charge in [0, 0.05) is 88.2 Å². The summed E-state index contributed by atoms with van der Waals surface area (Å²) in [6.45, 7) is 5.79. The van der Waals surface area contributed by atoms with Crippen LogP contribution >= 0.6 is 0 Å². The molecule has 3 aromatic rings. The molecule has 0 saturated carbocycles. The third-order valence-electron chi connectivity index (χ3n) is 7.81. The van der Waals surface area contributed by atoms with Gasteiger partial charge in [-0.2, -0.15) is 18.3 Å². The van der Waals surface area contributed by atoms with Gasteiger partial charge in [-0.15, -0.1) is 0 Å². The zero-order valence-electron chi connectivity index (χ0n) is 26.5. The van der Waals surface area contributed by atoms with Crippen LogP contribution in [0, 0.1) is 10.8 Å². The second kappa shape index (κ2) is 15.3. The lowest BCUT2D eigenvalue weighted by molar-refractivity contribution is -0.192. The fourth-order valence-electron chi connectivity index (χ4n) is 5.10. The molecule has 2 saturated heterocycles. The predicted molar refractivity (Wildman–Crippen MR) is 177 cm³/mol. The molecule has 0 spiro atoms. The van der Waals surface area contributed by atoms with Crippen molar-refractivity contribution in [3.8, 4) is 0 Å². The van der Waals surface area contributed by atoms with Crippen molar-refractivity contribution in [1.29, 1.82) is 10.8 Å². The Bertz CT molecular complexity index is 1660. The number of amides is 2. The standard InChI is InChI=1S/C28H36N12O2.C2HF3O2/c1-36-24(26(42)34-20-4-8-22(9-5-20)38-12-16-40(17-13-38)28(31)32)18-23(35-36)25(41)33-19-2-6-21(7-3-19)37-10-14-39(15-11-37)27(29)30;3-2(4,5)1(6)7/h2-9,18H,10-17H2,1H3,(H3,29,30)(H3,31,32)(H,33,41)(H,34,42);(H,6,7). The number of nitrogens with one attached hydrogen (secondary N) is 4. The van der Waals surface area contributed by atoms with Gasteiger partial charge in [0.25, 0.3) is 11.8 Å². The zero-order chi connectivity index (χ0) is 35.9. The minimum atomic E-state index is -5.08. The Hall–Kier alpha value is -6.01. The molecule has 0 bridgehead atoms. The van der Waals surface area contributed by atoms with E-state index < -0.39 is 18.1 Å². The summed E-state index contributed by atoms with van der Waals surface area (Å²) in [5, 5.41) is 32.2. The number of carboxylic acids is 1. The molecule has 2 amide bonds. The van der Waals surface area contributed by atoms with Crippen LogP contribution in [0.2, 0.25) is 0 Å². The van der Waals surface area contributed by atoms with Gasteiger partial charge in [-0.25, -0.2) is 4.79 Å². The lowest BCUT2D eigenvalue weighted by Gasteiger charge is -2.36. The fraction of sp³-hybridized carbons (Fsp3) is 0.333. The second-order valence-electron chi connectivity index (χ2n) is 11.1. The lowest BCUT2D eigenvalue weighted by atomic mass is 10.2. The Morgan fingerprint density at radius 1 is 0.735 bits per heavy atom. The predicted octanol–water partition coefficient (Wildman–Crippen LogP) is 1.59. The molecule has 1 aromatic heterocycles. The van der Waals surface area contributed by atoms with Crippen molar-refractivity contribution >= 4 is 52.5 Å². The summed E-state index contributed by atoms with van der Waals surface area (Å²) in [7, 11) is 1.62. The van der Waals surface area contributed by atoms with Crippen LogP contribution in [0.25, 0.3) is 0 Å². The number of guanidine groups is 2. The van der Waals surface area contributed by atoms with E-state index in [1.807, 2.05) is 58.3 Å². The molecule has 0 atom stereocenters. The molecule has 3 heterocycles. The zero-order valence-corrected chi connectivity index (χ0v) is 26.5. The summed E-state index contributed by atoms with van der Waals surface area (Å²) in [6, 6.07) is 16.6. The highest BCUT2D eigenvalue weighted by molar-refractivity contribution is 6.07. The van der Waals surface area contributed by atoms with E-state index in [1.165, 1.54) is 10.7 Å². The Labute approximate surface area is 279 Å². The summed E-state index contributed by atoms with van der Waals surface area (Å²) in [4.78, 5) is 42.9. The van der Waals surface area contributed by atoms with E-state index in [1.54, 1.807) is 7.05 Å². The maximum Gasteiger partial charge on any atom is 0.490 e. The summed E-state index contributed by atoms with van der Waals surface area (Å²) in [5.41, 5.74) is 14.8. The number of anilines is 4. The summed E-state index contributed by atoms with van der Waals surface area (Å²) >= 11 is 0. The number of carboxylic acid groups (broad SMARTS) is 1. The molecule has 0 aliphatic carbocycles. The molecule has 262 valence electrons. The number of piperazine rings is 2. The average Bonchev–Trinajstić information content (AvgIpc) is 3.47. The van der Waals surface area contributed by atoms with Gasteiger partial charge < -0.3 is 46.8 Å². The maximum atomic E-state index is 13.0. The minimum absolute atomic E-state index is 0.0924. The van der Waals surface area contributed by atoms with Gasteiger partial charge in [-0.1, -0.05) is 0 Å². The molecular weight excluding hydrogens is 649 g/mol. The normalized spacial score (nSPS) is 14.8. The molecule has 5 rings (SSSR count). The smallest absolute Gasteiger partial charge is 0.475 e. The molecule has 2 fully saturated rings. The molecular formula is C30H37F3N12O4. The SMILES string of the molecule is Cn1nc(C(=O)Nc2ccc(N3CCN(C(=N)N)CC3)cc2)cc1C(=O)Nc1ccc(N2CCN(C(=N)N)CC2)cc1.O=C(O)C(F)(F)F. The third-order valence-corrected chi connectivity index (χ3v) is 7.81. The second-order valence-corrected chi connectivity index (χ2v) is 11.1. The van der Waals surface area contributed by atoms with Crippen LogP contribution in [0.15, 0.2) is 54.6 Å². The molecule has 19 heteroatoms. The molecule has 2 aromatic carbocycles. The number of alkyl halides is 3. The molecule has 2 aliphatic rings. The van der Waals surface area contributed by atoms with Gasteiger partial charge in [0.15, 0.2) is 17.6 Å². The number of aliphatic carboxylic acids is 1. The van der Waals surface area contributed by atoms with Crippen molar-refractivity contribution in [3.63, 3.8) is 0 Å². The van der Waals surface area contributed by atoms with E-state index in [2.05, 4.69) is 25.5 Å². The van der Waals surface area contributed by atoms with E-state index in [0.29, 0.717) is 37.6 Å². The van der Waals surface area contributed by atoms with Gasteiger partial charge in [0.1, 0.15) is 5.69 Å². The number of hydrogen-bond acceptors (Lipinski definition) is 8. The van der Waals surface area contributed by atoms with Crippen molar-refractivity contribution in [2.75, 3.05) is 72.8 Å². The minimum Gasteiger partial charge on any atom is -0.475 e. The number of nitrogens with zero attached hydrogens (tertiary/aromatic N) is 6. The van der Waals surface area contributed by atoms with Crippen molar-refractivity contribution in [2.45, 2.75) is 6.18 Å². The number of aromatic nitrogens is 2. The van der Waals surface area contributed by atoms with Crippen molar-refractivity contribution in [1.82, 2.24) is 19.6 Å². The van der Waals surface area contributed by atoms with Gasteiger partial charge in [-0.05, 0) is 48.5 Å². The maximum absolute atomic E-state index is 13.0. The van der Waals surface area contributed by atoms with Crippen molar-refractivity contribution < 1.29 is 32.7 Å². The highest BCUT2D eigenvalue weighted by atomic mass is 19.4. The molecule has 16 nitrogen and oxygen atoms in total. The number of hydrogen-bond donors (Lipinski definition) is 7. The number of carbonyl (C=O) groups excluding carboxylic acids is 2. The number of carbonyl (C=O) groups is 3. The first-order valence-corrected chi connectivity index (χ1v) is 15.0. The Kier molecular flexibility index (Phi) is 11.2. The average molecular weight is 687 g/mol. The van der Waals surface area contributed by atoms with Crippen LogP contribution in [0.4, 0.5) is 35.9 Å². The first kappa shape index (κ1) is 35.8. The van der Waals surface area contributed by atoms with Crippen LogP contribution in [-0.2, 0) is 11.8 Å². The quantitative estimate of drug-likeness (QED) is 0.146. The van der Waals surface area contributed by atoms with E-state index in [-0.39, 0.29) is 29.2 Å². The largest absolute Gasteiger partial charge is 0.490 e. The monoisotopic (exact) mass is 686 g/mol. The highest BCUT2D eigenvalue weighted by Crippen LogP contribution is 2.22. The topological polar surface area (TPSA) is 226 Å². The van der Waals surface area contributed by atoms with E-state index >= 15 is 0 Å². The summed E-state index contributed by atoms with van der Waals surface area (Å²) in [6.07, 6.45) is -5.08. The first-order valence-electron chi connectivity index (χ1n) is 15.0. The summed E-state index contributed by atoms with van der Waals surface area (Å²) in [5.74, 6) is -3.36. The van der Waals surface area contributed by atoms with Gasteiger partial charge in [0.2, 0.25) is 0 Å². The number of aryl methyl sites for hydroxylation is 1. The van der Waals surface area contributed by atoms with E-state index in [9.17, 15) is 22.8 Å². The summed E-state index contributed by atoms with van der Waals surface area (Å²) < 4.78 is 33.1. The number of nitrogens with two attached hydrogens (primary N) is 2.